The van der Waals surface area contributed by atoms with Crippen LogP contribution >= 0.6 is 11.6 Å². The molecule has 0 saturated heterocycles. The van der Waals surface area contributed by atoms with E-state index >= 15 is 0 Å². The molecule has 76 valence electrons. The van der Waals surface area contributed by atoms with Crippen molar-refractivity contribution in [2.75, 3.05) is 0 Å². The third-order valence-electron chi connectivity index (χ3n) is 2.16. The van der Waals surface area contributed by atoms with Crippen molar-refractivity contribution >= 4 is 11.6 Å². The lowest BCUT2D eigenvalue weighted by Gasteiger charge is -2.10. The van der Waals surface area contributed by atoms with Gasteiger partial charge in [0, 0.05) is 22.7 Å². The maximum Gasteiger partial charge on any atom is 0.399 e. The van der Waals surface area contributed by atoms with E-state index in [2.05, 4.69) is 4.98 Å². The Labute approximate surface area is 92.6 Å². The highest BCUT2D eigenvalue weighted by atomic mass is 35.5. The summed E-state index contributed by atoms with van der Waals surface area (Å²) < 4.78 is 0.645. The standard InChI is InChI=1S/C11H9ClN2O/c1-8-7-13-11(12)14(15)10(8)9-5-3-2-4-6-9/h2-7H,1H3. The van der Waals surface area contributed by atoms with Crippen LogP contribution in [0.15, 0.2) is 36.5 Å². The Morgan fingerprint density at radius 3 is 2.60 bits per heavy atom. The summed E-state index contributed by atoms with van der Waals surface area (Å²) in [6.07, 6.45) is 1.60. The quantitative estimate of drug-likeness (QED) is 0.421. The molecule has 0 unspecified atom stereocenters. The van der Waals surface area contributed by atoms with Gasteiger partial charge in [-0.2, -0.15) is 0 Å². The van der Waals surface area contributed by atoms with Gasteiger partial charge in [0.2, 0.25) is 0 Å². The molecule has 0 aliphatic rings. The summed E-state index contributed by atoms with van der Waals surface area (Å²) in [7, 11) is 0. The fourth-order valence-electron chi connectivity index (χ4n) is 1.46. The van der Waals surface area contributed by atoms with Gasteiger partial charge in [-0.1, -0.05) is 30.3 Å². The summed E-state index contributed by atoms with van der Waals surface area (Å²) in [4.78, 5) is 3.78. The van der Waals surface area contributed by atoms with Gasteiger partial charge >= 0.3 is 5.28 Å². The van der Waals surface area contributed by atoms with Gasteiger partial charge in [0.1, 0.15) is 11.9 Å². The number of hydrogen-bond acceptors (Lipinski definition) is 2. The lowest BCUT2D eigenvalue weighted by molar-refractivity contribution is -0.595. The fourth-order valence-corrected chi connectivity index (χ4v) is 1.59. The molecule has 2 aromatic rings. The molecule has 1 aromatic heterocycles. The number of nitrogens with zero attached hydrogens (tertiary/aromatic N) is 2. The number of halogens is 1. The number of rotatable bonds is 1. The van der Waals surface area contributed by atoms with Gasteiger partial charge in [-0.05, 0) is 11.9 Å². The minimum Gasteiger partial charge on any atom is -0.709 e. The molecule has 0 fully saturated rings. The van der Waals surface area contributed by atoms with Crippen LogP contribution in [0, 0.1) is 12.1 Å². The molecular formula is C11H9ClN2O. The largest absolute Gasteiger partial charge is 0.709 e. The molecule has 1 heterocycles. The second-order valence-electron chi connectivity index (χ2n) is 3.22. The molecule has 0 spiro atoms. The van der Waals surface area contributed by atoms with Crippen LogP contribution in [0.2, 0.25) is 5.28 Å². The number of aryl methyl sites for hydroxylation is 1. The first kappa shape index (κ1) is 9.93. The molecule has 1 aromatic carbocycles. The molecule has 0 aliphatic carbocycles. The van der Waals surface area contributed by atoms with Crippen LogP contribution in [-0.2, 0) is 0 Å². The zero-order chi connectivity index (χ0) is 10.8. The molecule has 3 nitrogen and oxygen atoms in total. The van der Waals surface area contributed by atoms with Gasteiger partial charge in [-0.3, -0.25) is 0 Å². The molecule has 15 heavy (non-hydrogen) atoms. The summed E-state index contributed by atoms with van der Waals surface area (Å²) in [6.45, 7) is 1.83. The van der Waals surface area contributed by atoms with Crippen LogP contribution in [-0.4, -0.2) is 4.98 Å². The first-order valence-electron chi connectivity index (χ1n) is 4.50. The molecule has 0 radical (unpaired) electrons. The highest BCUT2D eigenvalue weighted by Crippen LogP contribution is 2.19. The van der Waals surface area contributed by atoms with E-state index in [-0.39, 0.29) is 5.28 Å². The highest BCUT2D eigenvalue weighted by molar-refractivity contribution is 6.27. The van der Waals surface area contributed by atoms with Crippen molar-refractivity contribution in [3.8, 4) is 11.3 Å². The van der Waals surface area contributed by atoms with Crippen LogP contribution < -0.4 is 4.73 Å². The van der Waals surface area contributed by atoms with E-state index in [1.807, 2.05) is 37.3 Å². The van der Waals surface area contributed by atoms with Crippen LogP contribution in [0.25, 0.3) is 11.3 Å². The Morgan fingerprint density at radius 1 is 1.27 bits per heavy atom. The maximum absolute atomic E-state index is 11.7. The molecule has 0 atom stereocenters. The van der Waals surface area contributed by atoms with Crippen molar-refractivity contribution < 1.29 is 4.73 Å². The molecular weight excluding hydrogens is 212 g/mol. The molecule has 0 aliphatic heterocycles. The Balaban J connectivity index is 2.68. The van der Waals surface area contributed by atoms with E-state index in [0.717, 1.165) is 11.1 Å². The van der Waals surface area contributed by atoms with Crippen LogP contribution in [0.1, 0.15) is 5.56 Å². The summed E-state index contributed by atoms with van der Waals surface area (Å²) in [5, 5.41) is 11.7. The van der Waals surface area contributed by atoms with Gasteiger partial charge in [-0.25, -0.2) is 4.73 Å². The summed E-state index contributed by atoms with van der Waals surface area (Å²) >= 11 is 5.68. The van der Waals surface area contributed by atoms with Crippen LogP contribution in [0.5, 0.6) is 0 Å². The number of aromatic nitrogens is 2. The van der Waals surface area contributed by atoms with E-state index in [0.29, 0.717) is 10.4 Å². The highest BCUT2D eigenvalue weighted by Gasteiger charge is 2.13. The number of hydrogen-bond donors (Lipinski definition) is 0. The average molecular weight is 221 g/mol. The van der Waals surface area contributed by atoms with Crippen molar-refractivity contribution in [3.63, 3.8) is 0 Å². The van der Waals surface area contributed by atoms with Gasteiger partial charge < -0.3 is 5.21 Å². The normalized spacial score (nSPS) is 10.3. The van der Waals surface area contributed by atoms with Gasteiger partial charge in [-0.15, -0.1) is 0 Å². The average Bonchev–Trinajstić information content (AvgIpc) is 2.26. The minimum atomic E-state index is -0.0561. The van der Waals surface area contributed by atoms with Crippen LogP contribution in [0.3, 0.4) is 0 Å². The van der Waals surface area contributed by atoms with Crippen molar-refractivity contribution in [3.05, 3.63) is 52.6 Å². The molecule has 0 N–H and O–H groups in total. The molecule has 0 bridgehead atoms. The van der Waals surface area contributed by atoms with Crippen molar-refractivity contribution in [1.82, 2.24) is 4.98 Å². The fraction of sp³-hybridized carbons (Fsp3) is 0.0909. The lowest BCUT2D eigenvalue weighted by Crippen LogP contribution is -2.32. The molecule has 0 saturated carbocycles. The zero-order valence-electron chi connectivity index (χ0n) is 8.14. The lowest BCUT2D eigenvalue weighted by atomic mass is 10.1. The van der Waals surface area contributed by atoms with Crippen LogP contribution in [0.4, 0.5) is 0 Å². The summed E-state index contributed by atoms with van der Waals surface area (Å²) in [6, 6.07) is 9.39. The first-order chi connectivity index (χ1) is 7.20. The predicted molar refractivity (Wildman–Crippen MR) is 58.4 cm³/mol. The van der Waals surface area contributed by atoms with E-state index in [1.54, 1.807) is 6.20 Å². The van der Waals surface area contributed by atoms with E-state index in [9.17, 15) is 5.21 Å². The zero-order valence-corrected chi connectivity index (χ0v) is 8.90. The Morgan fingerprint density at radius 2 is 1.93 bits per heavy atom. The first-order valence-corrected chi connectivity index (χ1v) is 4.88. The monoisotopic (exact) mass is 220 g/mol. The second kappa shape index (κ2) is 3.87. The summed E-state index contributed by atoms with van der Waals surface area (Å²) in [5.74, 6) is 0. The van der Waals surface area contributed by atoms with Gasteiger partial charge in [0.25, 0.3) is 0 Å². The molecule has 0 amide bonds. The topological polar surface area (TPSA) is 39.8 Å². The van der Waals surface area contributed by atoms with E-state index in [1.165, 1.54) is 0 Å². The number of benzene rings is 1. The van der Waals surface area contributed by atoms with Crippen molar-refractivity contribution in [2.45, 2.75) is 6.92 Å². The Hall–Kier alpha value is -1.61. The van der Waals surface area contributed by atoms with Crippen molar-refractivity contribution in [2.24, 2.45) is 0 Å². The minimum absolute atomic E-state index is 0.0561. The third-order valence-corrected chi connectivity index (χ3v) is 2.41. The maximum atomic E-state index is 11.7. The summed E-state index contributed by atoms with van der Waals surface area (Å²) in [5.41, 5.74) is 2.20. The molecule has 4 heteroatoms. The van der Waals surface area contributed by atoms with E-state index < -0.39 is 0 Å². The van der Waals surface area contributed by atoms with Gasteiger partial charge in [0.15, 0.2) is 0 Å². The Kier molecular flexibility index (Phi) is 2.56. The SMILES string of the molecule is Cc1cnc(Cl)[n+]([O-])c1-c1ccccc1. The Bertz CT molecular complexity index is 485. The molecule has 2 rings (SSSR count). The third kappa shape index (κ3) is 1.78. The smallest absolute Gasteiger partial charge is 0.399 e. The predicted octanol–water partition coefficient (Wildman–Crippen LogP) is 2.34. The second-order valence-corrected chi connectivity index (χ2v) is 3.56. The van der Waals surface area contributed by atoms with Gasteiger partial charge in [0.05, 0.1) is 0 Å². The van der Waals surface area contributed by atoms with Crippen molar-refractivity contribution in [1.29, 1.82) is 0 Å². The van der Waals surface area contributed by atoms with E-state index in [4.69, 9.17) is 11.6 Å².